The number of halogens is 1. The molecule has 0 spiro atoms. The van der Waals surface area contributed by atoms with E-state index < -0.39 is 6.04 Å². The van der Waals surface area contributed by atoms with Crippen molar-refractivity contribution in [3.8, 4) is 0 Å². The van der Waals surface area contributed by atoms with Crippen molar-refractivity contribution in [3.63, 3.8) is 0 Å². The van der Waals surface area contributed by atoms with E-state index >= 15 is 0 Å². The molecule has 0 radical (unpaired) electrons. The van der Waals surface area contributed by atoms with Crippen molar-refractivity contribution in [1.82, 2.24) is 5.32 Å². The lowest BCUT2D eigenvalue weighted by Crippen LogP contribution is -2.41. The van der Waals surface area contributed by atoms with Crippen molar-refractivity contribution in [1.29, 1.82) is 0 Å². The van der Waals surface area contributed by atoms with Crippen LogP contribution in [0.4, 0.5) is 0 Å². The second-order valence-electron chi connectivity index (χ2n) is 4.04. The highest BCUT2D eigenvalue weighted by atomic mass is 35.5. The Morgan fingerprint density at radius 1 is 1.41 bits per heavy atom. The molecule has 0 aliphatic carbocycles. The van der Waals surface area contributed by atoms with E-state index in [9.17, 15) is 4.79 Å². The van der Waals surface area contributed by atoms with Gasteiger partial charge in [-0.05, 0) is 30.5 Å². The fourth-order valence-electron chi connectivity index (χ4n) is 1.61. The Morgan fingerprint density at radius 3 is 2.65 bits per heavy atom. The van der Waals surface area contributed by atoms with Gasteiger partial charge in [0.15, 0.2) is 0 Å². The van der Waals surface area contributed by atoms with Gasteiger partial charge in [0.05, 0.1) is 12.1 Å². The zero-order valence-corrected chi connectivity index (χ0v) is 11.0. The molecule has 0 fully saturated rings. The summed E-state index contributed by atoms with van der Waals surface area (Å²) in [7, 11) is 0. The molecule has 17 heavy (non-hydrogen) atoms. The average molecular weight is 255 g/mol. The molecule has 3 nitrogen and oxygen atoms in total. The van der Waals surface area contributed by atoms with Gasteiger partial charge < -0.3 is 11.1 Å². The SMILES string of the molecule is CCC(N)C(=O)NC(CC)c1cccc(Cl)c1. The van der Waals surface area contributed by atoms with Gasteiger partial charge >= 0.3 is 0 Å². The fourth-order valence-corrected chi connectivity index (χ4v) is 1.81. The number of benzene rings is 1. The molecule has 0 bridgehead atoms. The molecule has 94 valence electrons. The molecular formula is C13H19ClN2O. The van der Waals surface area contributed by atoms with E-state index in [1.165, 1.54) is 0 Å². The summed E-state index contributed by atoms with van der Waals surface area (Å²) < 4.78 is 0. The second kappa shape index (κ2) is 6.62. The molecule has 2 atom stereocenters. The van der Waals surface area contributed by atoms with Crippen LogP contribution in [0.5, 0.6) is 0 Å². The standard InChI is InChI=1S/C13H19ClN2O/c1-3-11(15)13(17)16-12(4-2)9-6-5-7-10(14)8-9/h5-8,11-12H,3-4,15H2,1-2H3,(H,16,17). The van der Waals surface area contributed by atoms with Gasteiger partial charge in [-0.25, -0.2) is 0 Å². The largest absolute Gasteiger partial charge is 0.348 e. The van der Waals surface area contributed by atoms with E-state index in [4.69, 9.17) is 17.3 Å². The molecule has 1 rings (SSSR count). The lowest BCUT2D eigenvalue weighted by molar-refractivity contribution is -0.123. The van der Waals surface area contributed by atoms with E-state index in [1.54, 1.807) is 0 Å². The van der Waals surface area contributed by atoms with Crippen molar-refractivity contribution >= 4 is 17.5 Å². The molecule has 1 aromatic rings. The van der Waals surface area contributed by atoms with Crippen LogP contribution in [0.1, 0.15) is 38.3 Å². The first-order chi connectivity index (χ1) is 8.08. The summed E-state index contributed by atoms with van der Waals surface area (Å²) in [5.74, 6) is -0.112. The van der Waals surface area contributed by atoms with Crippen molar-refractivity contribution in [2.75, 3.05) is 0 Å². The predicted molar refractivity (Wildman–Crippen MR) is 70.9 cm³/mol. The minimum atomic E-state index is -0.441. The predicted octanol–water partition coefficient (Wildman–Crippen LogP) is 2.64. The van der Waals surface area contributed by atoms with Gasteiger partial charge in [0.1, 0.15) is 0 Å². The van der Waals surface area contributed by atoms with Crippen LogP contribution in [0.15, 0.2) is 24.3 Å². The number of nitrogens with one attached hydrogen (secondary N) is 1. The van der Waals surface area contributed by atoms with Crippen LogP contribution in [0, 0.1) is 0 Å². The Bertz CT molecular complexity index is 381. The lowest BCUT2D eigenvalue weighted by atomic mass is 10.0. The Balaban J connectivity index is 2.75. The van der Waals surface area contributed by atoms with Gasteiger partial charge in [-0.2, -0.15) is 0 Å². The maximum atomic E-state index is 11.7. The van der Waals surface area contributed by atoms with Crippen LogP contribution < -0.4 is 11.1 Å². The highest BCUT2D eigenvalue weighted by molar-refractivity contribution is 6.30. The number of rotatable bonds is 5. The van der Waals surface area contributed by atoms with E-state index in [-0.39, 0.29) is 11.9 Å². The normalized spacial score (nSPS) is 14.1. The number of carbonyl (C=O) groups is 1. The zero-order chi connectivity index (χ0) is 12.8. The molecule has 1 aromatic carbocycles. The summed E-state index contributed by atoms with van der Waals surface area (Å²) in [4.78, 5) is 11.7. The molecule has 4 heteroatoms. The van der Waals surface area contributed by atoms with Gasteiger partial charge in [-0.15, -0.1) is 0 Å². The van der Waals surface area contributed by atoms with Crippen LogP contribution in [0.25, 0.3) is 0 Å². The average Bonchev–Trinajstić information content (AvgIpc) is 2.34. The molecule has 3 N–H and O–H groups in total. The number of hydrogen-bond donors (Lipinski definition) is 2. The monoisotopic (exact) mass is 254 g/mol. The Morgan fingerprint density at radius 2 is 2.12 bits per heavy atom. The number of carbonyl (C=O) groups excluding carboxylic acids is 1. The number of nitrogens with two attached hydrogens (primary N) is 1. The van der Waals surface area contributed by atoms with Gasteiger partial charge in [-0.3, -0.25) is 4.79 Å². The van der Waals surface area contributed by atoms with Gasteiger partial charge in [0, 0.05) is 5.02 Å². The van der Waals surface area contributed by atoms with Gasteiger partial charge in [0.2, 0.25) is 5.91 Å². The number of amides is 1. The smallest absolute Gasteiger partial charge is 0.237 e. The molecule has 0 aliphatic heterocycles. The molecular weight excluding hydrogens is 236 g/mol. The maximum Gasteiger partial charge on any atom is 0.237 e. The van der Waals surface area contributed by atoms with Crippen molar-refractivity contribution in [2.24, 2.45) is 5.73 Å². The third kappa shape index (κ3) is 4.02. The molecule has 0 heterocycles. The summed E-state index contributed by atoms with van der Waals surface area (Å²) in [5, 5.41) is 3.61. The quantitative estimate of drug-likeness (QED) is 0.849. The maximum absolute atomic E-state index is 11.7. The topological polar surface area (TPSA) is 55.1 Å². The third-order valence-corrected chi connectivity index (χ3v) is 2.99. The van der Waals surface area contributed by atoms with E-state index in [1.807, 2.05) is 38.1 Å². The van der Waals surface area contributed by atoms with E-state index in [0.717, 1.165) is 12.0 Å². The van der Waals surface area contributed by atoms with Gasteiger partial charge in [-0.1, -0.05) is 37.6 Å². The molecule has 2 unspecified atom stereocenters. The van der Waals surface area contributed by atoms with Crippen LogP contribution in [-0.4, -0.2) is 11.9 Å². The van der Waals surface area contributed by atoms with Crippen LogP contribution >= 0.6 is 11.6 Å². The minimum absolute atomic E-state index is 0.0289. The van der Waals surface area contributed by atoms with Crippen LogP contribution in [0.3, 0.4) is 0 Å². The first-order valence-electron chi connectivity index (χ1n) is 5.89. The minimum Gasteiger partial charge on any atom is -0.348 e. The van der Waals surface area contributed by atoms with Crippen molar-refractivity contribution < 1.29 is 4.79 Å². The molecule has 0 saturated carbocycles. The Hall–Kier alpha value is -1.06. The Kier molecular flexibility index (Phi) is 5.45. The Labute approximate surface area is 107 Å². The summed E-state index contributed by atoms with van der Waals surface area (Å²) in [6.07, 6.45) is 1.44. The fraction of sp³-hybridized carbons (Fsp3) is 0.462. The summed E-state index contributed by atoms with van der Waals surface area (Å²) in [6, 6.07) is 7.05. The second-order valence-corrected chi connectivity index (χ2v) is 4.48. The molecule has 0 saturated heterocycles. The third-order valence-electron chi connectivity index (χ3n) is 2.75. The summed E-state index contributed by atoms with van der Waals surface area (Å²) in [5.41, 5.74) is 6.70. The lowest BCUT2D eigenvalue weighted by Gasteiger charge is -2.19. The molecule has 0 aliphatic rings. The van der Waals surface area contributed by atoms with Gasteiger partial charge in [0.25, 0.3) is 0 Å². The molecule has 0 aromatic heterocycles. The summed E-state index contributed by atoms with van der Waals surface area (Å²) in [6.45, 7) is 3.91. The first kappa shape index (κ1) is 14.0. The molecule has 1 amide bonds. The summed E-state index contributed by atoms with van der Waals surface area (Å²) >= 11 is 5.93. The van der Waals surface area contributed by atoms with Crippen LogP contribution in [-0.2, 0) is 4.79 Å². The highest BCUT2D eigenvalue weighted by Crippen LogP contribution is 2.20. The first-order valence-corrected chi connectivity index (χ1v) is 6.27. The van der Waals surface area contributed by atoms with E-state index in [2.05, 4.69) is 5.32 Å². The number of hydrogen-bond acceptors (Lipinski definition) is 2. The van der Waals surface area contributed by atoms with Crippen molar-refractivity contribution in [3.05, 3.63) is 34.9 Å². The van der Waals surface area contributed by atoms with Crippen molar-refractivity contribution in [2.45, 2.75) is 38.8 Å². The van der Waals surface area contributed by atoms with Crippen LogP contribution in [0.2, 0.25) is 5.02 Å². The van der Waals surface area contributed by atoms with E-state index in [0.29, 0.717) is 11.4 Å². The highest BCUT2D eigenvalue weighted by Gasteiger charge is 2.16. The zero-order valence-electron chi connectivity index (χ0n) is 10.2.